The number of thiocarbonyl (C=S) groups is 1. The summed E-state index contributed by atoms with van der Waals surface area (Å²) in [5.74, 6) is 0.0956. The van der Waals surface area contributed by atoms with Crippen LogP contribution in [0.15, 0.2) is 24.3 Å². The average Bonchev–Trinajstić information content (AvgIpc) is 2.25. The number of benzene rings is 1. The van der Waals surface area contributed by atoms with Gasteiger partial charge in [0.05, 0.1) is 4.99 Å². The molecule has 0 spiro atoms. The van der Waals surface area contributed by atoms with Crippen LogP contribution >= 0.6 is 12.2 Å². The number of ketones is 1. The van der Waals surface area contributed by atoms with Gasteiger partial charge in [0.1, 0.15) is 0 Å². The summed E-state index contributed by atoms with van der Waals surface area (Å²) in [6.45, 7) is 6.45. The Hall–Kier alpha value is -1.22. The van der Waals surface area contributed by atoms with E-state index in [0.29, 0.717) is 17.8 Å². The molecule has 2 N–H and O–H groups in total. The molecule has 2 nitrogen and oxygen atoms in total. The highest BCUT2D eigenvalue weighted by molar-refractivity contribution is 7.80. The molecule has 0 amide bonds. The molecule has 0 aliphatic rings. The molecule has 0 atom stereocenters. The Morgan fingerprint density at radius 2 is 1.71 bits per heavy atom. The van der Waals surface area contributed by atoms with E-state index in [1.807, 2.05) is 24.3 Å². The van der Waals surface area contributed by atoms with Crippen LogP contribution in [-0.2, 0) is 5.41 Å². The molecule has 0 saturated heterocycles. The molecular formula is C14H19NOS. The fourth-order valence-corrected chi connectivity index (χ4v) is 1.64. The molecule has 0 aliphatic heterocycles. The van der Waals surface area contributed by atoms with Crippen molar-refractivity contribution in [2.24, 2.45) is 5.73 Å². The zero-order valence-electron chi connectivity index (χ0n) is 10.6. The van der Waals surface area contributed by atoms with Crippen LogP contribution in [0.25, 0.3) is 0 Å². The van der Waals surface area contributed by atoms with E-state index >= 15 is 0 Å². The van der Waals surface area contributed by atoms with Crippen molar-refractivity contribution in [3.63, 3.8) is 0 Å². The predicted molar refractivity (Wildman–Crippen MR) is 75.5 cm³/mol. The Morgan fingerprint density at radius 3 is 2.12 bits per heavy atom. The van der Waals surface area contributed by atoms with Gasteiger partial charge in [-0.05, 0) is 11.0 Å². The highest BCUT2D eigenvalue weighted by Crippen LogP contribution is 2.22. The van der Waals surface area contributed by atoms with Crippen LogP contribution in [0, 0.1) is 0 Å². The van der Waals surface area contributed by atoms with Crippen LogP contribution < -0.4 is 5.73 Å². The third-order valence-electron chi connectivity index (χ3n) is 2.67. The molecule has 0 aliphatic carbocycles. The maximum Gasteiger partial charge on any atom is 0.163 e. The summed E-state index contributed by atoms with van der Waals surface area (Å²) in [6.07, 6.45) is 0.874. The first-order valence-electron chi connectivity index (χ1n) is 5.73. The van der Waals surface area contributed by atoms with Gasteiger partial charge in [-0.3, -0.25) is 4.79 Å². The van der Waals surface area contributed by atoms with Crippen LogP contribution in [0.4, 0.5) is 0 Å². The average molecular weight is 249 g/mol. The van der Waals surface area contributed by atoms with Gasteiger partial charge in [0.15, 0.2) is 5.78 Å². The fraction of sp³-hybridized carbons (Fsp3) is 0.429. The van der Waals surface area contributed by atoms with E-state index in [1.165, 1.54) is 5.56 Å². The van der Waals surface area contributed by atoms with Crippen molar-refractivity contribution in [1.29, 1.82) is 0 Å². The normalized spacial score (nSPS) is 11.2. The molecule has 0 aromatic heterocycles. The third kappa shape index (κ3) is 4.27. The highest BCUT2D eigenvalue weighted by Gasteiger charge is 2.14. The quantitative estimate of drug-likeness (QED) is 0.658. The minimum Gasteiger partial charge on any atom is -0.393 e. The third-order valence-corrected chi connectivity index (χ3v) is 2.88. The van der Waals surface area contributed by atoms with Crippen molar-refractivity contribution in [2.75, 3.05) is 0 Å². The van der Waals surface area contributed by atoms with E-state index in [1.54, 1.807) is 0 Å². The van der Waals surface area contributed by atoms with E-state index in [9.17, 15) is 4.79 Å². The van der Waals surface area contributed by atoms with E-state index in [0.717, 1.165) is 5.56 Å². The number of carbonyl (C=O) groups is 1. The minimum atomic E-state index is 0.0956. The topological polar surface area (TPSA) is 43.1 Å². The molecule has 1 aromatic rings. The lowest BCUT2D eigenvalue weighted by molar-refractivity contribution is 0.0985. The van der Waals surface area contributed by atoms with Gasteiger partial charge in [-0.1, -0.05) is 57.3 Å². The van der Waals surface area contributed by atoms with Crippen molar-refractivity contribution in [2.45, 2.75) is 39.0 Å². The number of hydrogen-bond donors (Lipinski definition) is 1. The molecule has 0 unspecified atom stereocenters. The lowest BCUT2D eigenvalue weighted by Crippen LogP contribution is -2.12. The number of Topliss-reactive ketones (excluding diaryl/α,β-unsaturated/α-hetero) is 1. The molecule has 3 heteroatoms. The van der Waals surface area contributed by atoms with Crippen LogP contribution in [0.1, 0.15) is 49.5 Å². The molecule has 1 rings (SSSR count). The van der Waals surface area contributed by atoms with Crippen LogP contribution in [0.2, 0.25) is 0 Å². The molecular weight excluding hydrogens is 230 g/mol. The predicted octanol–water partition coefficient (Wildman–Crippen LogP) is 3.23. The molecule has 1 aromatic carbocycles. The van der Waals surface area contributed by atoms with Gasteiger partial charge in [-0.2, -0.15) is 0 Å². The van der Waals surface area contributed by atoms with Crippen molar-refractivity contribution in [1.82, 2.24) is 0 Å². The molecule has 0 radical (unpaired) electrons. The number of rotatable bonds is 4. The molecule has 0 bridgehead atoms. The van der Waals surface area contributed by atoms with Gasteiger partial charge >= 0.3 is 0 Å². The standard InChI is InChI=1S/C14H19NOS/c1-14(2,3)11-6-4-10(5-7-11)12(16)8-9-13(15)17/h4-7H,8-9H2,1-3H3,(H2,15,17). The summed E-state index contributed by atoms with van der Waals surface area (Å²) >= 11 is 4.76. The minimum absolute atomic E-state index is 0.0956. The monoisotopic (exact) mass is 249 g/mol. The molecule has 0 heterocycles. The Balaban J connectivity index is 2.74. The fourth-order valence-electron chi connectivity index (χ4n) is 1.54. The summed E-state index contributed by atoms with van der Waals surface area (Å²) < 4.78 is 0. The maximum absolute atomic E-state index is 11.8. The zero-order chi connectivity index (χ0) is 13.1. The molecule has 92 valence electrons. The van der Waals surface area contributed by atoms with E-state index in [2.05, 4.69) is 20.8 Å². The van der Waals surface area contributed by atoms with E-state index in [-0.39, 0.29) is 11.2 Å². The van der Waals surface area contributed by atoms with Crippen molar-refractivity contribution >= 4 is 23.0 Å². The van der Waals surface area contributed by atoms with Gasteiger partial charge in [-0.15, -0.1) is 0 Å². The lowest BCUT2D eigenvalue weighted by atomic mass is 9.86. The van der Waals surface area contributed by atoms with E-state index < -0.39 is 0 Å². The SMILES string of the molecule is CC(C)(C)c1ccc(C(=O)CCC(N)=S)cc1. The summed E-state index contributed by atoms with van der Waals surface area (Å²) in [5.41, 5.74) is 7.45. The van der Waals surface area contributed by atoms with Gasteiger partial charge in [0.2, 0.25) is 0 Å². The summed E-state index contributed by atoms with van der Waals surface area (Å²) in [5, 5.41) is 0. The smallest absolute Gasteiger partial charge is 0.163 e. The molecule has 0 saturated carbocycles. The van der Waals surface area contributed by atoms with Crippen molar-refractivity contribution in [3.8, 4) is 0 Å². The van der Waals surface area contributed by atoms with Crippen LogP contribution in [0.3, 0.4) is 0 Å². The Labute approximate surface area is 108 Å². The van der Waals surface area contributed by atoms with Gasteiger partial charge < -0.3 is 5.73 Å². The first-order valence-corrected chi connectivity index (χ1v) is 6.13. The molecule has 0 fully saturated rings. The first-order chi connectivity index (χ1) is 7.80. The number of carbonyl (C=O) groups excluding carboxylic acids is 1. The second-order valence-electron chi connectivity index (χ2n) is 5.22. The summed E-state index contributed by atoms with van der Waals surface area (Å²) in [7, 11) is 0. The highest BCUT2D eigenvalue weighted by atomic mass is 32.1. The Kier molecular flexibility index (Phi) is 4.40. The summed E-state index contributed by atoms with van der Waals surface area (Å²) in [6, 6.07) is 7.77. The second kappa shape index (κ2) is 5.41. The largest absolute Gasteiger partial charge is 0.393 e. The zero-order valence-corrected chi connectivity index (χ0v) is 11.4. The Bertz CT molecular complexity index is 415. The maximum atomic E-state index is 11.8. The van der Waals surface area contributed by atoms with Crippen molar-refractivity contribution in [3.05, 3.63) is 35.4 Å². The van der Waals surface area contributed by atoms with Crippen LogP contribution in [0.5, 0.6) is 0 Å². The number of nitrogens with two attached hydrogens (primary N) is 1. The molecule has 17 heavy (non-hydrogen) atoms. The Morgan fingerprint density at radius 1 is 1.18 bits per heavy atom. The number of hydrogen-bond acceptors (Lipinski definition) is 2. The van der Waals surface area contributed by atoms with Gasteiger partial charge in [-0.25, -0.2) is 0 Å². The second-order valence-corrected chi connectivity index (χ2v) is 5.74. The van der Waals surface area contributed by atoms with Crippen molar-refractivity contribution < 1.29 is 4.79 Å². The van der Waals surface area contributed by atoms with E-state index in [4.69, 9.17) is 18.0 Å². The lowest BCUT2D eigenvalue weighted by Gasteiger charge is -2.18. The first kappa shape index (κ1) is 13.8. The van der Waals surface area contributed by atoms with Crippen LogP contribution in [-0.4, -0.2) is 10.8 Å². The summed E-state index contributed by atoms with van der Waals surface area (Å²) in [4.78, 5) is 12.2. The van der Waals surface area contributed by atoms with Gasteiger partial charge in [0, 0.05) is 18.4 Å². The van der Waals surface area contributed by atoms with Gasteiger partial charge in [0.25, 0.3) is 0 Å².